The maximum Gasteiger partial charge on any atom is 0.333 e. The molecule has 2 fully saturated rings. The number of carbonyl (C=O) groups is 10. The van der Waals surface area contributed by atoms with Crippen LogP contribution in [0.2, 0.25) is 5.02 Å². The molecule has 3 aliphatic rings. The van der Waals surface area contributed by atoms with E-state index in [2.05, 4.69) is 31.9 Å². The Labute approximate surface area is 454 Å². The van der Waals surface area contributed by atoms with Gasteiger partial charge in [0.2, 0.25) is 35.4 Å². The van der Waals surface area contributed by atoms with Crippen LogP contribution in [0.4, 0.5) is 0 Å². The minimum atomic E-state index is -1.21. The van der Waals surface area contributed by atoms with Crippen LogP contribution in [0.15, 0.2) is 54.6 Å². The lowest BCUT2D eigenvalue weighted by Crippen LogP contribution is -2.58. The van der Waals surface area contributed by atoms with Gasteiger partial charge in [0.15, 0.2) is 0 Å². The number of rotatable bonds is 20. The molecule has 8 amide bonds. The van der Waals surface area contributed by atoms with E-state index in [1.807, 2.05) is 45.0 Å². The number of nitrogens with one attached hydrogen (secondary N) is 6. The van der Waals surface area contributed by atoms with Crippen molar-refractivity contribution in [2.75, 3.05) is 7.11 Å². The number of nitrogens with zero attached hydrogens (tertiary/aromatic N) is 1. The predicted molar refractivity (Wildman–Crippen MR) is 281 cm³/mol. The van der Waals surface area contributed by atoms with Gasteiger partial charge in [-0.1, -0.05) is 82.6 Å². The second-order valence-electron chi connectivity index (χ2n) is 21.2. The summed E-state index contributed by atoms with van der Waals surface area (Å²) < 4.78 is 17.7. The molecular weight excluding hydrogens is 1020 g/mol. The van der Waals surface area contributed by atoms with E-state index < -0.39 is 113 Å². The number of epoxide rings is 1. The fraction of sp³-hybridized carbons (Fsp3) is 0.564. The summed E-state index contributed by atoms with van der Waals surface area (Å²) in [5.41, 5.74) is 1.02. The number of hydrogen-bond acceptors (Lipinski definition) is 14. The number of amides is 8. The Morgan fingerprint density at radius 3 is 2.13 bits per heavy atom. The molecule has 9 atom stereocenters. The van der Waals surface area contributed by atoms with E-state index in [4.69, 9.17) is 30.6 Å². The Morgan fingerprint density at radius 1 is 0.844 bits per heavy atom. The third kappa shape index (κ3) is 17.3. The summed E-state index contributed by atoms with van der Waals surface area (Å²) in [6.45, 7) is 15.8. The second kappa shape index (κ2) is 27.4. The molecule has 0 aliphatic carbocycles. The minimum absolute atomic E-state index is 0.0109. The molecule has 6 N–H and O–H groups in total. The largest absolute Gasteiger partial charge is 0.495 e. The van der Waals surface area contributed by atoms with E-state index in [1.54, 1.807) is 58.9 Å². The van der Waals surface area contributed by atoms with Crippen molar-refractivity contribution in [3.05, 3.63) is 76.3 Å². The fourth-order valence-corrected chi connectivity index (χ4v) is 8.93. The quantitative estimate of drug-likeness (QED) is 0.0618. The van der Waals surface area contributed by atoms with Gasteiger partial charge < -0.3 is 50.9 Å². The summed E-state index contributed by atoms with van der Waals surface area (Å²) in [6, 6.07) is 7.64. The molecule has 1 unspecified atom stereocenters. The number of cyclic esters (lactones) is 1. The van der Waals surface area contributed by atoms with E-state index in [9.17, 15) is 47.9 Å². The lowest BCUT2D eigenvalue weighted by molar-refractivity contribution is -0.197. The Hall–Kier alpha value is -6.87. The molecule has 3 aliphatic heterocycles. The number of halogens is 1. The van der Waals surface area contributed by atoms with Crippen molar-refractivity contribution >= 4 is 70.8 Å². The zero-order chi connectivity index (χ0) is 56.9. The Morgan fingerprint density at radius 2 is 1.51 bits per heavy atom. The van der Waals surface area contributed by atoms with Crippen molar-refractivity contribution in [3.8, 4) is 5.75 Å². The highest BCUT2D eigenvalue weighted by Crippen LogP contribution is 2.45. The number of esters is 1. The lowest BCUT2D eigenvalue weighted by atomic mass is 9.83. The highest BCUT2D eigenvalue weighted by molar-refractivity contribution is 6.32. The molecule has 2 aromatic rings. The van der Waals surface area contributed by atoms with E-state index in [-0.39, 0.29) is 75.9 Å². The zero-order valence-electron chi connectivity index (χ0n) is 45.5. The first-order valence-corrected chi connectivity index (χ1v) is 26.5. The fourth-order valence-electron chi connectivity index (χ4n) is 8.65. The number of carbonyl (C=O) groups excluding carboxylic acids is 10. The molecule has 420 valence electrons. The third-order valence-corrected chi connectivity index (χ3v) is 14.2. The van der Waals surface area contributed by atoms with Crippen LogP contribution in [0.25, 0.3) is 0 Å². The maximum atomic E-state index is 14.1. The van der Waals surface area contributed by atoms with Gasteiger partial charge >= 0.3 is 11.9 Å². The molecule has 2 saturated heterocycles. The van der Waals surface area contributed by atoms with Gasteiger partial charge in [-0.3, -0.25) is 38.4 Å². The third-order valence-electron chi connectivity index (χ3n) is 13.9. The Bertz CT molecular complexity index is 2540. The first kappa shape index (κ1) is 61.0. The topological polar surface area (TPSA) is 286 Å². The summed E-state index contributed by atoms with van der Waals surface area (Å²) in [6.07, 6.45) is 1.32. The van der Waals surface area contributed by atoms with Crippen molar-refractivity contribution in [2.24, 2.45) is 23.2 Å². The van der Waals surface area contributed by atoms with E-state index >= 15 is 0 Å². The number of imide groups is 1. The SMILES string of the molecule is COc1ccc(C[C@H]2NC(=O)/C=C/C[C@@H]([C@H](C)[C@H]3O[C@@H]3c3ccc(CNC(=O)[C@H](C)NC(=O)[C@@H](NC(=O)CCCC(=O)ON4C(=O)CCC4=O)C(C)C)cc3)OC(=O)[C@H](CC(C)C)NC(=O)C(C)(C)C(C)NC2=O)cc1Cl. The average Bonchev–Trinajstić information content (AvgIpc) is 4.11. The first-order valence-electron chi connectivity index (χ1n) is 26.1. The van der Waals surface area contributed by atoms with Gasteiger partial charge in [-0.25, -0.2) is 9.59 Å². The van der Waals surface area contributed by atoms with Crippen molar-refractivity contribution in [3.63, 3.8) is 0 Å². The number of benzene rings is 2. The van der Waals surface area contributed by atoms with Gasteiger partial charge in [-0.15, -0.1) is 5.06 Å². The number of hydroxylamine groups is 2. The summed E-state index contributed by atoms with van der Waals surface area (Å²) in [7, 11) is 1.49. The van der Waals surface area contributed by atoms with Crippen molar-refractivity contribution in [1.29, 1.82) is 0 Å². The summed E-state index contributed by atoms with van der Waals surface area (Å²) in [4.78, 5) is 135. The minimum Gasteiger partial charge on any atom is -0.495 e. The van der Waals surface area contributed by atoms with Crippen LogP contribution in [-0.2, 0) is 75.2 Å². The average molecular weight is 1090 g/mol. The van der Waals surface area contributed by atoms with Gasteiger partial charge in [0.05, 0.1) is 23.7 Å². The van der Waals surface area contributed by atoms with Crippen LogP contribution < -0.4 is 36.6 Å². The molecule has 77 heavy (non-hydrogen) atoms. The van der Waals surface area contributed by atoms with Crippen molar-refractivity contribution in [1.82, 2.24) is 37.0 Å². The zero-order valence-corrected chi connectivity index (χ0v) is 46.2. The smallest absolute Gasteiger partial charge is 0.333 e. The molecule has 0 bridgehead atoms. The molecule has 0 radical (unpaired) electrons. The molecule has 3 heterocycles. The van der Waals surface area contributed by atoms with Crippen LogP contribution in [0.3, 0.4) is 0 Å². The Balaban J connectivity index is 1.19. The molecule has 0 aromatic heterocycles. The van der Waals surface area contributed by atoms with Crippen LogP contribution >= 0.6 is 11.6 Å². The maximum absolute atomic E-state index is 14.1. The normalized spacial score (nSPS) is 23.6. The van der Waals surface area contributed by atoms with Gasteiger partial charge in [0.25, 0.3) is 11.8 Å². The van der Waals surface area contributed by atoms with Gasteiger partial charge in [-0.05, 0) is 87.3 Å². The number of hydrogen-bond donors (Lipinski definition) is 6. The van der Waals surface area contributed by atoms with E-state index in [0.717, 1.165) is 11.1 Å². The van der Waals surface area contributed by atoms with Crippen molar-refractivity contribution < 1.29 is 67.0 Å². The van der Waals surface area contributed by atoms with Gasteiger partial charge in [-0.2, -0.15) is 0 Å². The van der Waals surface area contributed by atoms with Crippen LogP contribution in [0, 0.1) is 23.2 Å². The highest BCUT2D eigenvalue weighted by atomic mass is 35.5. The predicted octanol–water partition coefficient (Wildman–Crippen LogP) is 4.12. The van der Waals surface area contributed by atoms with Gasteiger partial charge in [0, 0.05) is 57.0 Å². The van der Waals surface area contributed by atoms with E-state index in [0.29, 0.717) is 21.4 Å². The molecule has 0 saturated carbocycles. The van der Waals surface area contributed by atoms with Crippen LogP contribution in [0.5, 0.6) is 5.75 Å². The van der Waals surface area contributed by atoms with Crippen LogP contribution in [-0.4, -0.2) is 114 Å². The van der Waals surface area contributed by atoms with E-state index in [1.165, 1.54) is 20.1 Å². The standard InChI is InChI=1S/C55H74ClN7O14/c1-29(2)25-39-53(72)75-40(13-11-14-42(64)60-38(27-35-19-22-41(74-10)37(56)26-35)51(70)59-33(7)55(8,9)54(73)61-39)31(5)48-49(76-48)36-20-17-34(18-21-36)28-57-50(69)32(6)58-52(71)47(30(3)4)62-43(65)15-12-16-46(68)77-63-44(66)23-24-45(63)67/h11,14,17-22,26,29-33,38-40,47-49H,12-13,15-16,23-25,27-28H2,1-10H3,(H,57,69)(H,58,71)(H,59,70)(H,60,64)(H,61,73)(H,62,65)/b14-11+/t31-,32-,33?,38+,39-,40-,47-,48+,49+/m0/s1. The first-order chi connectivity index (χ1) is 36.3. The van der Waals surface area contributed by atoms with Crippen molar-refractivity contribution in [2.45, 2.75) is 169 Å². The van der Waals surface area contributed by atoms with Crippen LogP contribution in [0.1, 0.15) is 130 Å². The molecular formula is C55H74ClN7O14. The second-order valence-corrected chi connectivity index (χ2v) is 21.6. The molecule has 22 heteroatoms. The number of methoxy groups -OCH3 is 1. The molecule has 21 nitrogen and oxygen atoms in total. The summed E-state index contributed by atoms with van der Waals surface area (Å²) >= 11 is 6.40. The Kier molecular flexibility index (Phi) is 21.7. The summed E-state index contributed by atoms with van der Waals surface area (Å²) in [5, 5.41) is 17.5. The molecule has 0 spiro atoms. The monoisotopic (exact) mass is 1090 g/mol. The summed E-state index contributed by atoms with van der Waals surface area (Å²) in [5.74, 6) is -6.18. The number of ether oxygens (including phenoxy) is 3. The lowest BCUT2D eigenvalue weighted by Gasteiger charge is -2.34. The molecule has 5 rings (SSSR count). The highest BCUT2D eigenvalue weighted by Gasteiger charge is 2.48. The van der Waals surface area contributed by atoms with Gasteiger partial charge in [0.1, 0.15) is 42.1 Å². The molecule has 2 aromatic carbocycles.